The number of hydrogen-bond donors (Lipinski definition) is 2. The van der Waals surface area contributed by atoms with E-state index in [4.69, 9.17) is 4.74 Å². The minimum atomic E-state index is -0.509. The molecule has 1 aromatic heterocycles. The molecule has 0 bridgehead atoms. The van der Waals surface area contributed by atoms with Crippen LogP contribution < -0.4 is 15.4 Å². The molecule has 0 aromatic carbocycles. The summed E-state index contributed by atoms with van der Waals surface area (Å²) >= 11 is 0. The molecule has 2 aliphatic rings. The Morgan fingerprint density at radius 1 is 1.50 bits per heavy atom. The maximum Gasteiger partial charge on any atom is 0.257 e. The number of pyridine rings is 1. The number of hydrogen-bond acceptors (Lipinski definition) is 6. The molecular weight excluding hydrogens is 354 g/mol. The summed E-state index contributed by atoms with van der Waals surface area (Å²) in [5, 5.41) is 6.38. The van der Waals surface area contributed by atoms with Gasteiger partial charge in [0.2, 0.25) is 0 Å². The maximum absolute atomic E-state index is 13.0. The first-order valence-electron chi connectivity index (χ1n) is 9.32. The van der Waals surface area contributed by atoms with Crippen molar-refractivity contribution in [3.05, 3.63) is 59.3 Å². The Labute approximate surface area is 165 Å². The van der Waals surface area contributed by atoms with E-state index in [2.05, 4.69) is 32.2 Å². The molecule has 0 unspecified atom stereocenters. The molecule has 0 spiro atoms. The lowest BCUT2D eigenvalue weighted by molar-refractivity contribution is 0.0899. The van der Waals surface area contributed by atoms with Crippen LogP contribution in [-0.4, -0.2) is 47.7 Å². The van der Waals surface area contributed by atoms with Crippen LogP contribution in [0.3, 0.4) is 0 Å². The van der Waals surface area contributed by atoms with E-state index in [9.17, 15) is 4.79 Å². The minimum Gasteiger partial charge on any atom is -0.491 e. The quantitative estimate of drug-likeness (QED) is 0.766. The lowest BCUT2D eigenvalue weighted by Gasteiger charge is -2.35. The molecule has 7 nitrogen and oxygen atoms in total. The summed E-state index contributed by atoms with van der Waals surface area (Å²) in [5.41, 5.74) is 2.90. The molecule has 7 heteroatoms. The van der Waals surface area contributed by atoms with Gasteiger partial charge in [-0.15, -0.1) is 0 Å². The number of aromatic nitrogens is 1. The maximum atomic E-state index is 13.0. The van der Waals surface area contributed by atoms with Crippen molar-refractivity contribution in [1.82, 2.24) is 20.5 Å². The fraction of sp³-hybridized carbons (Fsp3) is 0.381. The monoisotopic (exact) mass is 381 g/mol. The topological polar surface area (TPSA) is 78.9 Å². The van der Waals surface area contributed by atoms with Crippen molar-refractivity contribution in [3.8, 4) is 5.75 Å². The van der Waals surface area contributed by atoms with E-state index in [0.717, 1.165) is 23.4 Å². The van der Waals surface area contributed by atoms with Crippen LogP contribution in [0.15, 0.2) is 53.2 Å². The van der Waals surface area contributed by atoms with Crippen molar-refractivity contribution in [2.75, 3.05) is 19.7 Å². The van der Waals surface area contributed by atoms with Crippen LogP contribution in [0.25, 0.3) is 0 Å². The number of fused-ring (bicyclic) bond motifs is 1. The van der Waals surface area contributed by atoms with Gasteiger partial charge in [0.25, 0.3) is 5.91 Å². The highest BCUT2D eigenvalue weighted by Gasteiger charge is 2.28. The second kappa shape index (κ2) is 8.39. The number of nitrogens with one attached hydrogen (secondary N) is 2. The van der Waals surface area contributed by atoms with E-state index in [1.165, 1.54) is 0 Å². The first kappa shape index (κ1) is 19.8. The van der Waals surface area contributed by atoms with Gasteiger partial charge in [0.05, 0.1) is 23.0 Å². The third-order valence-electron chi connectivity index (χ3n) is 4.61. The fourth-order valence-corrected chi connectivity index (χ4v) is 3.32. The zero-order chi connectivity index (χ0) is 20.1. The van der Waals surface area contributed by atoms with Gasteiger partial charge >= 0.3 is 0 Å². The Hall–Kier alpha value is -2.93. The second-order valence-electron chi connectivity index (χ2n) is 7.55. The molecule has 0 atom stereocenters. The molecule has 2 aliphatic heterocycles. The first-order valence-corrected chi connectivity index (χ1v) is 9.32. The van der Waals surface area contributed by atoms with Crippen LogP contribution in [0.5, 0.6) is 5.75 Å². The largest absolute Gasteiger partial charge is 0.491 e. The summed E-state index contributed by atoms with van der Waals surface area (Å²) in [4.78, 5) is 23.2. The summed E-state index contributed by atoms with van der Waals surface area (Å²) in [6.45, 7) is 12.0. The number of ether oxygens (including phenoxy) is 1. The zero-order valence-electron chi connectivity index (χ0n) is 16.7. The Balaban J connectivity index is 1.77. The molecule has 0 radical (unpaired) electrons. The van der Waals surface area contributed by atoms with E-state index in [1.54, 1.807) is 18.6 Å². The number of rotatable bonds is 5. The summed E-state index contributed by atoms with van der Waals surface area (Å²) in [6, 6.07) is 0. The smallest absolute Gasteiger partial charge is 0.257 e. The van der Waals surface area contributed by atoms with Crippen LogP contribution in [0, 0.1) is 0 Å². The number of aliphatic imine (C=N–C) groups is 1. The molecule has 1 aromatic rings. The summed E-state index contributed by atoms with van der Waals surface area (Å²) in [5.74, 6) is 0.415. The van der Waals surface area contributed by atoms with Gasteiger partial charge in [-0.2, -0.15) is 0 Å². The van der Waals surface area contributed by atoms with Crippen molar-refractivity contribution in [1.29, 1.82) is 0 Å². The number of amides is 1. The van der Waals surface area contributed by atoms with Gasteiger partial charge in [0, 0.05) is 43.8 Å². The second-order valence-corrected chi connectivity index (χ2v) is 7.55. The van der Waals surface area contributed by atoms with Crippen LogP contribution in [0.4, 0.5) is 0 Å². The van der Waals surface area contributed by atoms with E-state index in [1.807, 2.05) is 39.1 Å². The van der Waals surface area contributed by atoms with Gasteiger partial charge in [-0.3, -0.25) is 14.8 Å². The van der Waals surface area contributed by atoms with Gasteiger partial charge in [-0.1, -0.05) is 6.08 Å². The molecule has 1 amide bonds. The lowest BCUT2D eigenvalue weighted by Crippen LogP contribution is -2.50. The number of carbonyl (C=O) groups excluding carboxylic acids is 1. The Morgan fingerprint density at radius 2 is 2.32 bits per heavy atom. The normalized spacial score (nSPS) is 18.0. The number of carbonyl (C=O) groups is 1. The lowest BCUT2D eigenvalue weighted by atomic mass is 10.0. The molecule has 0 aliphatic carbocycles. The molecule has 148 valence electrons. The molecule has 3 heterocycles. The van der Waals surface area contributed by atoms with Gasteiger partial charge in [-0.25, -0.2) is 0 Å². The molecule has 0 saturated heterocycles. The van der Waals surface area contributed by atoms with Crippen molar-refractivity contribution < 1.29 is 9.53 Å². The first-order chi connectivity index (χ1) is 13.4. The molecular formula is C21H27N5O2. The SMILES string of the molecule is C=N/C=C1/C(C)=CC=CN1CC(C)(C)NC(=O)c1cncc2c1OCCNC2. The summed E-state index contributed by atoms with van der Waals surface area (Å²) < 4.78 is 5.81. The Morgan fingerprint density at radius 3 is 3.11 bits per heavy atom. The van der Waals surface area contributed by atoms with Crippen molar-refractivity contribution in [3.63, 3.8) is 0 Å². The van der Waals surface area contributed by atoms with E-state index in [-0.39, 0.29) is 5.91 Å². The Kier molecular flexibility index (Phi) is 5.94. The molecule has 0 saturated carbocycles. The van der Waals surface area contributed by atoms with Gasteiger partial charge in [0.1, 0.15) is 12.4 Å². The van der Waals surface area contributed by atoms with Crippen LogP contribution in [0.2, 0.25) is 0 Å². The van der Waals surface area contributed by atoms with Gasteiger partial charge in [-0.05, 0) is 39.1 Å². The van der Waals surface area contributed by atoms with Gasteiger partial charge < -0.3 is 20.3 Å². The van der Waals surface area contributed by atoms with E-state index >= 15 is 0 Å². The molecule has 28 heavy (non-hydrogen) atoms. The summed E-state index contributed by atoms with van der Waals surface area (Å²) in [6.07, 6.45) is 11.0. The van der Waals surface area contributed by atoms with Crippen molar-refractivity contribution in [2.45, 2.75) is 32.9 Å². The highest BCUT2D eigenvalue weighted by atomic mass is 16.5. The number of allylic oxidation sites excluding steroid dienone is 3. The third kappa shape index (κ3) is 4.48. The van der Waals surface area contributed by atoms with E-state index in [0.29, 0.717) is 31.0 Å². The predicted octanol–water partition coefficient (Wildman–Crippen LogP) is 2.39. The molecule has 2 N–H and O–H groups in total. The van der Waals surface area contributed by atoms with Gasteiger partial charge in [0.15, 0.2) is 0 Å². The molecule has 3 rings (SSSR count). The predicted molar refractivity (Wildman–Crippen MR) is 110 cm³/mol. The van der Waals surface area contributed by atoms with Crippen LogP contribution >= 0.6 is 0 Å². The molecule has 0 fully saturated rings. The van der Waals surface area contributed by atoms with Crippen LogP contribution in [-0.2, 0) is 6.54 Å². The van der Waals surface area contributed by atoms with E-state index < -0.39 is 5.54 Å². The average Bonchev–Trinajstić information content (AvgIpc) is 2.89. The average molecular weight is 381 g/mol. The minimum absolute atomic E-state index is 0.197. The number of nitrogens with zero attached hydrogens (tertiary/aromatic N) is 3. The Bertz CT molecular complexity index is 854. The highest BCUT2D eigenvalue weighted by Crippen LogP contribution is 2.26. The van der Waals surface area contributed by atoms with Crippen molar-refractivity contribution in [2.24, 2.45) is 4.99 Å². The highest BCUT2D eigenvalue weighted by molar-refractivity contribution is 5.97. The van der Waals surface area contributed by atoms with Crippen LogP contribution in [0.1, 0.15) is 36.7 Å². The third-order valence-corrected chi connectivity index (χ3v) is 4.61. The summed E-state index contributed by atoms with van der Waals surface area (Å²) in [7, 11) is 0. The standard InChI is InChI=1S/C21H27N5O2/c1-15-6-5-8-26(18(15)13-22-4)14-21(2,3)25-20(27)17-12-24-11-16-10-23-7-9-28-19(16)17/h5-6,8,11-13,23H,4,7,9-10,14H2,1-3H3,(H,25,27)/b18-13-. The zero-order valence-corrected chi connectivity index (χ0v) is 16.7. The van der Waals surface area contributed by atoms with Crippen molar-refractivity contribution >= 4 is 12.6 Å². The fourth-order valence-electron chi connectivity index (χ4n) is 3.32.